The number of phenols is 1. The van der Waals surface area contributed by atoms with Crippen molar-refractivity contribution in [1.82, 2.24) is 5.16 Å². The lowest BCUT2D eigenvalue weighted by Gasteiger charge is -1.94. The fourth-order valence-electron chi connectivity index (χ4n) is 1.05. The molecule has 0 spiro atoms. The van der Waals surface area contributed by atoms with Gasteiger partial charge in [-0.2, -0.15) is 0 Å². The van der Waals surface area contributed by atoms with Crippen molar-refractivity contribution in [2.75, 3.05) is 0 Å². The fourth-order valence-corrected chi connectivity index (χ4v) is 1.34. The van der Waals surface area contributed by atoms with Crippen molar-refractivity contribution in [2.24, 2.45) is 0 Å². The van der Waals surface area contributed by atoms with Crippen LogP contribution in [0.2, 0.25) is 0 Å². The number of aromatic nitrogens is 1. The summed E-state index contributed by atoms with van der Waals surface area (Å²) in [7, 11) is 0. The number of aromatic hydroxyl groups is 1. The average molecular weight is 240 g/mol. The summed E-state index contributed by atoms with van der Waals surface area (Å²) in [4.78, 5) is 0. The third-order valence-electron chi connectivity index (χ3n) is 1.62. The van der Waals surface area contributed by atoms with Gasteiger partial charge in [-0.25, -0.2) is 0 Å². The van der Waals surface area contributed by atoms with Gasteiger partial charge in [-0.15, -0.1) is 0 Å². The Kier molecular flexibility index (Phi) is 2.06. The third kappa shape index (κ3) is 1.72. The van der Waals surface area contributed by atoms with Crippen LogP contribution in [0.4, 0.5) is 0 Å². The van der Waals surface area contributed by atoms with Gasteiger partial charge in [0.05, 0.1) is 0 Å². The largest absolute Gasteiger partial charge is 0.508 e. The van der Waals surface area contributed by atoms with Crippen molar-refractivity contribution in [3.05, 3.63) is 35.0 Å². The lowest BCUT2D eigenvalue weighted by Crippen LogP contribution is -1.75. The highest BCUT2D eigenvalue weighted by Gasteiger charge is 2.04. The molecule has 13 heavy (non-hydrogen) atoms. The summed E-state index contributed by atoms with van der Waals surface area (Å²) in [5, 5.41) is 13.0. The van der Waals surface area contributed by atoms with E-state index in [4.69, 9.17) is 4.52 Å². The lowest BCUT2D eigenvalue weighted by atomic mass is 10.1. The molecule has 1 heterocycles. The van der Waals surface area contributed by atoms with Gasteiger partial charge in [-0.05, 0) is 28.1 Å². The summed E-state index contributed by atoms with van der Waals surface area (Å²) < 4.78 is 5.42. The van der Waals surface area contributed by atoms with Crippen LogP contribution < -0.4 is 0 Å². The minimum absolute atomic E-state index is 0.219. The molecular formula is C9H6BrNO2. The molecule has 1 aromatic heterocycles. The Morgan fingerprint density at radius 3 is 2.77 bits per heavy atom. The number of rotatable bonds is 1. The minimum atomic E-state index is 0.219. The molecule has 0 bridgehead atoms. The second kappa shape index (κ2) is 3.22. The number of hydrogen-bond donors (Lipinski definition) is 1. The van der Waals surface area contributed by atoms with Crippen LogP contribution in [0, 0.1) is 0 Å². The summed E-state index contributed by atoms with van der Waals surface area (Å²) in [5.74, 6) is 0.219. The number of nitrogens with zero attached hydrogens (tertiary/aromatic N) is 1. The Hall–Kier alpha value is -1.29. The van der Waals surface area contributed by atoms with Gasteiger partial charge >= 0.3 is 0 Å². The van der Waals surface area contributed by atoms with E-state index in [0.717, 1.165) is 5.56 Å². The van der Waals surface area contributed by atoms with Gasteiger partial charge in [0.2, 0.25) is 4.67 Å². The molecule has 1 N–H and O–H groups in total. The monoisotopic (exact) mass is 239 g/mol. The Labute approximate surface area is 83.1 Å². The van der Waals surface area contributed by atoms with Crippen LogP contribution in [0.15, 0.2) is 39.5 Å². The fraction of sp³-hybridized carbons (Fsp3) is 0. The topological polar surface area (TPSA) is 46.3 Å². The average Bonchev–Trinajstić information content (AvgIpc) is 2.52. The van der Waals surface area contributed by atoms with Crippen molar-refractivity contribution in [2.45, 2.75) is 0 Å². The van der Waals surface area contributed by atoms with E-state index >= 15 is 0 Å². The summed E-state index contributed by atoms with van der Waals surface area (Å²) in [6.45, 7) is 0. The predicted octanol–water partition coefficient (Wildman–Crippen LogP) is 2.81. The van der Waals surface area contributed by atoms with Crippen LogP contribution >= 0.6 is 15.9 Å². The van der Waals surface area contributed by atoms with E-state index in [9.17, 15) is 5.11 Å². The zero-order valence-electron chi connectivity index (χ0n) is 6.57. The maximum atomic E-state index is 9.21. The van der Waals surface area contributed by atoms with E-state index in [-0.39, 0.29) is 5.75 Å². The van der Waals surface area contributed by atoms with Gasteiger partial charge in [0.1, 0.15) is 11.4 Å². The normalized spacial score (nSPS) is 10.2. The molecule has 2 aromatic rings. The summed E-state index contributed by atoms with van der Waals surface area (Å²) in [6.07, 6.45) is 0. The summed E-state index contributed by atoms with van der Waals surface area (Å²) in [6, 6.07) is 8.59. The molecule has 0 amide bonds. The van der Waals surface area contributed by atoms with Gasteiger partial charge in [0.15, 0.2) is 0 Å². The molecule has 0 unspecified atom stereocenters. The Morgan fingerprint density at radius 1 is 1.31 bits per heavy atom. The Bertz CT molecular complexity index is 425. The second-order valence-corrected chi connectivity index (χ2v) is 3.35. The second-order valence-electron chi connectivity index (χ2n) is 2.57. The third-order valence-corrected chi connectivity index (χ3v) is 2.00. The molecular weight excluding hydrogens is 234 g/mol. The van der Waals surface area contributed by atoms with Gasteiger partial charge in [-0.1, -0.05) is 17.3 Å². The standard InChI is InChI=1S/C9H6BrNO2/c10-9-5-8(11-13-9)6-2-1-3-7(12)4-6/h1-5,12H. The molecule has 0 aliphatic carbocycles. The van der Waals surface area contributed by atoms with E-state index in [1.165, 1.54) is 0 Å². The number of benzene rings is 1. The molecule has 0 aliphatic heterocycles. The molecule has 0 saturated heterocycles. The molecule has 0 radical (unpaired) electrons. The van der Waals surface area contributed by atoms with Crippen LogP contribution in [-0.4, -0.2) is 10.3 Å². The first-order valence-electron chi connectivity index (χ1n) is 3.67. The number of phenolic OH excluding ortho intramolecular Hbond substituents is 1. The molecule has 0 saturated carbocycles. The van der Waals surface area contributed by atoms with Crippen molar-refractivity contribution < 1.29 is 9.63 Å². The first-order valence-corrected chi connectivity index (χ1v) is 4.46. The van der Waals surface area contributed by atoms with E-state index in [2.05, 4.69) is 21.1 Å². The zero-order chi connectivity index (χ0) is 9.26. The van der Waals surface area contributed by atoms with Crippen LogP contribution in [-0.2, 0) is 0 Å². The van der Waals surface area contributed by atoms with Gasteiger partial charge < -0.3 is 9.63 Å². The van der Waals surface area contributed by atoms with Crippen molar-refractivity contribution in [1.29, 1.82) is 0 Å². The zero-order valence-corrected chi connectivity index (χ0v) is 8.15. The molecule has 3 nitrogen and oxygen atoms in total. The molecule has 0 atom stereocenters. The first-order chi connectivity index (χ1) is 6.25. The highest BCUT2D eigenvalue weighted by Crippen LogP contribution is 2.24. The van der Waals surface area contributed by atoms with E-state index < -0.39 is 0 Å². The number of hydrogen-bond acceptors (Lipinski definition) is 3. The lowest BCUT2D eigenvalue weighted by molar-refractivity contribution is 0.402. The number of halogens is 1. The first kappa shape index (κ1) is 8.31. The van der Waals surface area contributed by atoms with Crippen molar-refractivity contribution in [3.8, 4) is 17.0 Å². The Morgan fingerprint density at radius 2 is 2.15 bits per heavy atom. The van der Waals surface area contributed by atoms with Crippen LogP contribution in [0.3, 0.4) is 0 Å². The molecule has 0 fully saturated rings. The predicted molar refractivity (Wildman–Crippen MR) is 51.3 cm³/mol. The van der Waals surface area contributed by atoms with Gasteiger partial charge in [0.25, 0.3) is 0 Å². The SMILES string of the molecule is Oc1cccc(-c2cc(Br)on2)c1. The highest BCUT2D eigenvalue weighted by atomic mass is 79.9. The molecule has 66 valence electrons. The van der Waals surface area contributed by atoms with Crippen molar-refractivity contribution >= 4 is 15.9 Å². The quantitative estimate of drug-likeness (QED) is 0.833. The maximum Gasteiger partial charge on any atom is 0.202 e. The summed E-state index contributed by atoms with van der Waals surface area (Å²) >= 11 is 3.16. The van der Waals surface area contributed by atoms with Gasteiger partial charge in [-0.3, -0.25) is 0 Å². The smallest absolute Gasteiger partial charge is 0.202 e. The summed E-state index contributed by atoms with van der Waals surface area (Å²) in [5.41, 5.74) is 1.53. The molecule has 1 aromatic carbocycles. The minimum Gasteiger partial charge on any atom is -0.508 e. The molecule has 0 aliphatic rings. The highest BCUT2D eigenvalue weighted by molar-refractivity contribution is 9.10. The Balaban J connectivity index is 2.46. The van der Waals surface area contributed by atoms with Gasteiger partial charge in [0, 0.05) is 11.6 Å². The van der Waals surface area contributed by atoms with E-state index in [1.807, 2.05) is 6.07 Å². The van der Waals surface area contributed by atoms with Crippen LogP contribution in [0.25, 0.3) is 11.3 Å². The van der Waals surface area contributed by atoms with Crippen LogP contribution in [0.5, 0.6) is 5.75 Å². The van der Waals surface area contributed by atoms with E-state index in [0.29, 0.717) is 10.4 Å². The van der Waals surface area contributed by atoms with Crippen molar-refractivity contribution in [3.63, 3.8) is 0 Å². The van der Waals surface area contributed by atoms with Crippen LogP contribution in [0.1, 0.15) is 0 Å². The molecule has 4 heteroatoms. The van der Waals surface area contributed by atoms with E-state index in [1.54, 1.807) is 24.3 Å². The molecule has 2 rings (SSSR count). The maximum absolute atomic E-state index is 9.21.